The molecule has 142 valence electrons. The van der Waals surface area contributed by atoms with E-state index in [-0.39, 0.29) is 23.9 Å². The number of Topliss-reactive ketones (excluding diaryl/α,β-unsaturated/α-hetero) is 1. The summed E-state index contributed by atoms with van der Waals surface area (Å²) < 4.78 is 16.2. The van der Waals surface area contributed by atoms with Crippen molar-refractivity contribution in [1.82, 2.24) is 9.63 Å². The van der Waals surface area contributed by atoms with Gasteiger partial charge < -0.3 is 4.57 Å². The smallest absolute Gasteiger partial charge is 0.250 e. The lowest BCUT2D eigenvalue weighted by Gasteiger charge is -2.16. The summed E-state index contributed by atoms with van der Waals surface area (Å²) >= 11 is 0. The molecular weight excluding hydrogens is 347 g/mol. The summed E-state index contributed by atoms with van der Waals surface area (Å²) in [5.74, 6) is -0.304. The highest BCUT2D eigenvalue weighted by Crippen LogP contribution is 2.31. The quantitative estimate of drug-likeness (QED) is 0.830. The van der Waals surface area contributed by atoms with Crippen LogP contribution in [0, 0.1) is 12.7 Å². The van der Waals surface area contributed by atoms with E-state index in [4.69, 9.17) is 4.84 Å². The highest BCUT2D eigenvalue weighted by atomic mass is 19.1. The number of halogens is 1. The van der Waals surface area contributed by atoms with Gasteiger partial charge in [0.25, 0.3) is 5.91 Å². The molecule has 0 atom stereocenters. The molecule has 1 fully saturated rings. The lowest BCUT2D eigenvalue weighted by atomic mass is 9.92. The van der Waals surface area contributed by atoms with Crippen LogP contribution in [-0.2, 0) is 29.0 Å². The van der Waals surface area contributed by atoms with Gasteiger partial charge in [0.05, 0.1) is 26.1 Å². The van der Waals surface area contributed by atoms with E-state index < -0.39 is 0 Å². The van der Waals surface area contributed by atoms with Crippen molar-refractivity contribution in [1.29, 1.82) is 0 Å². The predicted octanol–water partition coefficient (Wildman–Crippen LogP) is 3.21. The summed E-state index contributed by atoms with van der Waals surface area (Å²) in [7, 11) is 0. The molecule has 5 nitrogen and oxygen atoms in total. The molecule has 0 bridgehead atoms. The van der Waals surface area contributed by atoms with Crippen LogP contribution in [0.4, 0.5) is 4.39 Å². The molecule has 0 spiro atoms. The summed E-state index contributed by atoms with van der Waals surface area (Å²) in [5.41, 5.74) is 3.81. The van der Waals surface area contributed by atoms with Gasteiger partial charge in [0, 0.05) is 28.9 Å². The van der Waals surface area contributed by atoms with E-state index in [1.54, 1.807) is 12.1 Å². The molecule has 1 amide bonds. The monoisotopic (exact) mass is 370 g/mol. The van der Waals surface area contributed by atoms with Gasteiger partial charge in [-0.05, 0) is 37.8 Å². The van der Waals surface area contributed by atoms with Crippen molar-refractivity contribution >= 4 is 11.7 Å². The normalized spacial score (nSPS) is 16.7. The van der Waals surface area contributed by atoms with Gasteiger partial charge in [-0.3, -0.25) is 14.4 Å². The average Bonchev–Trinajstić information content (AvgIpc) is 3.27. The Bertz CT molecular complexity index is 897. The Kier molecular flexibility index (Phi) is 4.83. The zero-order chi connectivity index (χ0) is 19.0. The second-order valence-corrected chi connectivity index (χ2v) is 7.20. The van der Waals surface area contributed by atoms with E-state index >= 15 is 0 Å². The van der Waals surface area contributed by atoms with Crippen LogP contribution in [0.2, 0.25) is 0 Å². The number of nitrogens with zero attached hydrogens (tertiary/aromatic N) is 2. The molecule has 2 aliphatic rings. The lowest BCUT2D eigenvalue weighted by Crippen LogP contribution is -2.28. The Balaban J connectivity index is 1.73. The number of carbonyl (C=O) groups excluding carboxylic acids is 2. The molecule has 1 aromatic carbocycles. The molecule has 1 aliphatic carbocycles. The van der Waals surface area contributed by atoms with Crippen LogP contribution >= 0.6 is 0 Å². The van der Waals surface area contributed by atoms with E-state index in [0.29, 0.717) is 37.2 Å². The van der Waals surface area contributed by atoms with Crippen LogP contribution in [0.5, 0.6) is 0 Å². The van der Waals surface area contributed by atoms with E-state index in [1.165, 1.54) is 11.1 Å². The van der Waals surface area contributed by atoms with E-state index in [1.807, 2.05) is 17.6 Å². The van der Waals surface area contributed by atoms with Crippen LogP contribution in [-0.4, -0.2) is 34.5 Å². The zero-order valence-corrected chi connectivity index (χ0v) is 15.5. The standard InChI is InChI=1S/C21H23FN2O3/c1-14-16(12-20(26)24-10-5-11-27-24)21-18(8-4-9-19(21)25)23(14)13-15-6-2-3-7-17(15)22/h2-3,6-7H,4-5,8-13H2,1H3. The van der Waals surface area contributed by atoms with Gasteiger partial charge in [0.2, 0.25) is 0 Å². The molecule has 27 heavy (non-hydrogen) atoms. The molecule has 1 aromatic heterocycles. The highest BCUT2D eigenvalue weighted by molar-refractivity contribution is 6.01. The van der Waals surface area contributed by atoms with Gasteiger partial charge in [-0.2, -0.15) is 0 Å². The molecule has 0 N–H and O–H groups in total. The maximum Gasteiger partial charge on any atom is 0.250 e. The minimum atomic E-state index is -0.260. The summed E-state index contributed by atoms with van der Waals surface area (Å²) in [5, 5.41) is 1.40. The van der Waals surface area contributed by atoms with Gasteiger partial charge in [0.15, 0.2) is 5.78 Å². The van der Waals surface area contributed by atoms with Gasteiger partial charge >= 0.3 is 0 Å². The maximum absolute atomic E-state index is 14.2. The first-order valence-corrected chi connectivity index (χ1v) is 9.47. The Morgan fingerprint density at radius 1 is 1.22 bits per heavy atom. The summed E-state index contributed by atoms with van der Waals surface area (Å²) in [6.07, 6.45) is 3.03. The second kappa shape index (κ2) is 7.27. The molecule has 6 heteroatoms. The van der Waals surface area contributed by atoms with Crippen LogP contribution in [0.15, 0.2) is 24.3 Å². The van der Waals surface area contributed by atoms with Crippen molar-refractivity contribution in [3.05, 3.63) is 58.2 Å². The van der Waals surface area contributed by atoms with Crippen LogP contribution < -0.4 is 0 Å². The molecular formula is C21H23FN2O3. The molecule has 1 aliphatic heterocycles. The molecule has 2 heterocycles. The third-order valence-corrected chi connectivity index (χ3v) is 5.50. The number of hydroxylamine groups is 2. The largest absolute Gasteiger partial charge is 0.343 e. The zero-order valence-electron chi connectivity index (χ0n) is 15.5. The van der Waals surface area contributed by atoms with Crippen LogP contribution in [0.1, 0.15) is 52.1 Å². The number of fused-ring (bicyclic) bond motifs is 1. The number of carbonyl (C=O) groups is 2. The maximum atomic E-state index is 14.2. The molecule has 2 aromatic rings. The first kappa shape index (κ1) is 17.9. The highest BCUT2D eigenvalue weighted by Gasteiger charge is 2.31. The SMILES string of the molecule is Cc1c(CC(=O)N2CCCO2)c2c(n1Cc1ccccc1F)CCCC2=O. The Labute approximate surface area is 157 Å². The number of ketones is 1. The van der Waals surface area contributed by atoms with E-state index in [2.05, 4.69) is 0 Å². The Morgan fingerprint density at radius 3 is 2.78 bits per heavy atom. The summed E-state index contributed by atoms with van der Waals surface area (Å²) in [6.45, 7) is 3.42. The first-order chi connectivity index (χ1) is 13.1. The number of benzene rings is 1. The molecule has 0 radical (unpaired) electrons. The Hall–Kier alpha value is -2.47. The molecule has 1 saturated heterocycles. The Morgan fingerprint density at radius 2 is 2.04 bits per heavy atom. The fourth-order valence-corrected chi connectivity index (χ4v) is 4.10. The van der Waals surface area contributed by atoms with Crippen molar-refractivity contribution in [3.63, 3.8) is 0 Å². The van der Waals surface area contributed by atoms with Crippen LogP contribution in [0.3, 0.4) is 0 Å². The number of aromatic nitrogens is 1. The number of amides is 1. The number of hydrogen-bond donors (Lipinski definition) is 0. The molecule has 0 saturated carbocycles. The predicted molar refractivity (Wildman–Crippen MR) is 97.9 cm³/mol. The topological polar surface area (TPSA) is 51.5 Å². The van der Waals surface area contributed by atoms with Crippen molar-refractivity contribution in [3.8, 4) is 0 Å². The third-order valence-electron chi connectivity index (χ3n) is 5.50. The van der Waals surface area contributed by atoms with Gasteiger partial charge in [0.1, 0.15) is 5.82 Å². The third kappa shape index (κ3) is 3.30. The van der Waals surface area contributed by atoms with Gasteiger partial charge in [-0.15, -0.1) is 0 Å². The van der Waals surface area contributed by atoms with Gasteiger partial charge in [-0.1, -0.05) is 18.2 Å². The van der Waals surface area contributed by atoms with Crippen molar-refractivity contribution in [2.75, 3.05) is 13.2 Å². The van der Waals surface area contributed by atoms with Crippen molar-refractivity contribution in [2.45, 2.75) is 45.6 Å². The van der Waals surface area contributed by atoms with Gasteiger partial charge in [-0.25, -0.2) is 9.45 Å². The second-order valence-electron chi connectivity index (χ2n) is 7.20. The van der Waals surface area contributed by atoms with Crippen LogP contribution in [0.25, 0.3) is 0 Å². The molecule has 0 unspecified atom stereocenters. The average molecular weight is 370 g/mol. The fourth-order valence-electron chi connectivity index (χ4n) is 4.10. The minimum absolute atomic E-state index is 0.0803. The summed E-state index contributed by atoms with van der Waals surface area (Å²) in [4.78, 5) is 30.6. The number of hydrogen-bond acceptors (Lipinski definition) is 3. The van der Waals surface area contributed by atoms with E-state index in [0.717, 1.165) is 36.2 Å². The first-order valence-electron chi connectivity index (χ1n) is 9.47. The van der Waals surface area contributed by atoms with Crippen molar-refractivity contribution in [2.24, 2.45) is 0 Å². The molecule has 4 rings (SSSR count). The number of rotatable bonds is 4. The fraction of sp³-hybridized carbons (Fsp3) is 0.429. The van der Waals surface area contributed by atoms with E-state index in [9.17, 15) is 14.0 Å². The van der Waals surface area contributed by atoms with Crippen molar-refractivity contribution < 1.29 is 18.8 Å². The summed E-state index contributed by atoms with van der Waals surface area (Å²) in [6, 6.07) is 6.68. The minimum Gasteiger partial charge on any atom is -0.343 e. The lowest BCUT2D eigenvalue weighted by molar-refractivity contribution is -0.167.